The fourth-order valence-corrected chi connectivity index (χ4v) is 2.79. The van der Waals surface area contributed by atoms with E-state index >= 15 is 0 Å². The molecule has 1 atom stereocenters. The summed E-state index contributed by atoms with van der Waals surface area (Å²) in [5.41, 5.74) is 2.13. The van der Waals surface area contributed by atoms with Crippen LogP contribution in [0.15, 0.2) is 24.3 Å². The third kappa shape index (κ3) is 2.51. The number of hydrogen-bond donors (Lipinski definition) is 1. The average molecular weight is 259 g/mol. The Kier molecular flexibility index (Phi) is 3.29. The molecule has 1 fully saturated rings. The Labute approximate surface area is 113 Å². The molecule has 1 saturated heterocycles. The Balaban J connectivity index is 1.78. The maximum Gasteiger partial charge on any atom is 0.0960 e. The van der Waals surface area contributed by atoms with Gasteiger partial charge in [-0.2, -0.15) is 5.10 Å². The lowest BCUT2D eigenvalue weighted by Crippen LogP contribution is -2.45. The fraction of sp³-hybridized carbons (Fsp3) is 0.533. The SMILES string of the molecule is Cn1nc(COC2(C)CCCNC2)c2ccccc21. The Bertz CT molecular complexity index is 570. The molecule has 1 aromatic heterocycles. The molecule has 1 aromatic carbocycles. The summed E-state index contributed by atoms with van der Waals surface area (Å²) in [4.78, 5) is 0. The number of ether oxygens (including phenoxy) is 1. The van der Waals surface area contributed by atoms with Crippen molar-refractivity contribution in [2.75, 3.05) is 13.1 Å². The van der Waals surface area contributed by atoms with Gasteiger partial charge in [0.1, 0.15) is 0 Å². The summed E-state index contributed by atoms with van der Waals surface area (Å²) in [7, 11) is 1.98. The quantitative estimate of drug-likeness (QED) is 0.918. The molecule has 2 heterocycles. The third-order valence-corrected chi connectivity index (χ3v) is 3.95. The molecule has 3 rings (SSSR count). The van der Waals surface area contributed by atoms with Crippen LogP contribution in [0.2, 0.25) is 0 Å². The van der Waals surface area contributed by atoms with Crippen molar-refractivity contribution in [3.8, 4) is 0 Å². The lowest BCUT2D eigenvalue weighted by atomic mass is 9.96. The fourth-order valence-electron chi connectivity index (χ4n) is 2.79. The first kappa shape index (κ1) is 12.6. The molecular formula is C15H21N3O. The topological polar surface area (TPSA) is 39.1 Å². The number of fused-ring (bicyclic) bond motifs is 1. The molecule has 1 N–H and O–H groups in total. The summed E-state index contributed by atoms with van der Waals surface area (Å²) in [6.45, 7) is 4.80. The molecule has 1 aliphatic rings. The lowest BCUT2D eigenvalue weighted by molar-refractivity contribution is -0.0580. The zero-order chi connectivity index (χ0) is 13.3. The second-order valence-electron chi connectivity index (χ2n) is 5.61. The van der Waals surface area contributed by atoms with Crippen LogP contribution in [-0.4, -0.2) is 28.5 Å². The molecule has 0 amide bonds. The first-order chi connectivity index (χ1) is 9.18. The van der Waals surface area contributed by atoms with Crippen LogP contribution in [0.25, 0.3) is 10.9 Å². The normalized spacial score (nSPS) is 23.9. The first-order valence-electron chi connectivity index (χ1n) is 6.93. The maximum atomic E-state index is 6.14. The summed E-state index contributed by atoms with van der Waals surface area (Å²) in [5, 5.41) is 9.17. The van der Waals surface area contributed by atoms with Gasteiger partial charge in [-0.25, -0.2) is 0 Å². The molecule has 19 heavy (non-hydrogen) atoms. The Hall–Kier alpha value is -1.39. The van der Waals surface area contributed by atoms with E-state index in [4.69, 9.17) is 4.74 Å². The minimum Gasteiger partial charge on any atom is -0.368 e. The number of hydrogen-bond acceptors (Lipinski definition) is 3. The highest BCUT2D eigenvalue weighted by molar-refractivity contribution is 5.81. The van der Waals surface area contributed by atoms with E-state index in [2.05, 4.69) is 35.5 Å². The van der Waals surface area contributed by atoms with Gasteiger partial charge < -0.3 is 10.1 Å². The molecule has 4 heteroatoms. The van der Waals surface area contributed by atoms with Gasteiger partial charge in [0.25, 0.3) is 0 Å². The van der Waals surface area contributed by atoms with Gasteiger partial charge in [-0.05, 0) is 32.4 Å². The van der Waals surface area contributed by atoms with Gasteiger partial charge in [0.15, 0.2) is 0 Å². The van der Waals surface area contributed by atoms with Crippen LogP contribution in [0.1, 0.15) is 25.5 Å². The number of rotatable bonds is 3. The number of nitrogens with one attached hydrogen (secondary N) is 1. The number of benzene rings is 1. The number of aryl methyl sites for hydroxylation is 1. The van der Waals surface area contributed by atoms with Gasteiger partial charge in [-0.3, -0.25) is 4.68 Å². The Morgan fingerprint density at radius 3 is 3.05 bits per heavy atom. The highest BCUT2D eigenvalue weighted by Crippen LogP contribution is 2.24. The van der Waals surface area contributed by atoms with Crippen molar-refractivity contribution in [1.82, 2.24) is 15.1 Å². The maximum absolute atomic E-state index is 6.14. The zero-order valence-electron chi connectivity index (χ0n) is 11.6. The Morgan fingerprint density at radius 2 is 2.26 bits per heavy atom. The van der Waals surface area contributed by atoms with E-state index in [1.807, 2.05) is 17.8 Å². The summed E-state index contributed by atoms with van der Waals surface area (Å²) >= 11 is 0. The van der Waals surface area contributed by atoms with Crippen LogP contribution in [0.4, 0.5) is 0 Å². The summed E-state index contributed by atoms with van der Waals surface area (Å²) in [5.74, 6) is 0. The minimum atomic E-state index is -0.0587. The molecule has 1 aliphatic heterocycles. The van der Waals surface area contributed by atoms with Crippen molar-refractivity contribution >= 4 is 10.9 Å². The standard InChI is InChI=1S/C15H21N3O/c1-15(8-5-9-16-11-15)19-10-13-12-6-3-4-7-14(12)18(2)17-13/h3-4,6-7,16H,5,8-11H2,1-2H3. The van der Waals surface area contributed by atoms with Crippen molar-refractivity contribution in [2.45, 2.75) is 32.0 Å². The van der Waals surface area contributed by atoms with E-state index in [-0.39, 0.29) is 5.60 Å². The van der Waals surface area contributed by atoms with Crippen molar-refractivity contribution in [2.24, 2.45) is 7.05 Å². The predicted molar refractivity (Wildman–Crippen MR) is 76.0 cm³/mol. The number of piperidine rings is 1. The van der Waals surface area contributed by atoms with Crippen LogP contribution in [0.3, 0.4) is 0 Å². The van der Waals surface area contributed by atoms with Gasteiger partial charge in [-0.1, -0.05) is 18.2 Å². The van der Waals surface area contributed by atoms with Gasteiger partial charge in [0.2, 0.25) is 0 Å². The zero-order valence-corrected chi connectivity index (χ0v) is 11.6. The summed E-state index contributed by atoms with van der Waals surface area (Å²) < 4.78 is 8.07. The number of nitrogens with zero attached hydrogens (tertiary/aromatic N) is 2. The van der Waals surface area contributed by atoms with Gasteiger partial charge >= 0.3 is 0 Å². The van der Waals surface area contributed by atoms with Crippen LogP contribution in [0, 0.1) is 0 Å². The van der Waals surface area contributed by atoms with E-state index in [9.17, 15) is 0 Å². The average Bonchev–Trinajstić information content (AvgIpc) is 2.75. The molecule has 1 unspecified atom stereocenters. The molecule has 102 valence electrons. The van der Waals surface area contributed by atoms with Crippen LogP contribution in [0.5, 0.6) is 0 Å². The molecular weight excluding hydrogens is 238 g/mol. The second-order valence-corrected chi connectivity index (χ2v) is 5.61. The van der Waals surface area contributed by atoms with Crippen LogP contribution >= 0.6 is 0 Å². The molecule has 4 nitrogen and oxygen atoms in total. The van der Waals surface area contributed by atoms with E-state index in [0.29, 0.717) is 6.61 Å². The lowest BCUT2D eigenvalue weighted by Gasteiger charge is -2.33. The van der Waals surface area contributed by atoms with Crippen molar-refractivity contribution in [1.29, 1.82) is 0 Å². The summed E-state index contributed by atoms with van der Waals surface area (Å²) in [6.07, 6.45) is 2.30. The highest BCUT2D eigenvalue weighted by atomic mass is 16.5. The van der Waals surface area contributed by atoms with E-state index in [1.165, 1.54) is 11.8 Å². The molecule has 2 aromatic rings. The minimum absolute atomic E-state index is 0.0587. The monoisotopic (exact) mass is 259 g/mol. The van der Waals surface area contributed by atoms with Crippen LogP contribution < -0.4 is 5.32 Å². The predicted octanol–water partition coefficient (Wildman–Crippen LogP) is 2.23. The molecule has 0 bridgehead atoms. The number of para-hydroxylation sites is 1. The number of aromatic nitrogens is 2. The van der Waals surface area contributed by atoms with Crippen molar-refractivity contribution in [3.05, 3.63) is 30.0 Å². The van der Waals surface area contributed by atoms with Gasteiger partial charge in [0.05, 0.1) is 23.4 Å². The molecule has 0 saturated carbocycles. The van der Waals surface area contributed by atoms with Crippen LogP contribution in [-0.2, 0) is 18.4 Å². The third-order valence-electron chi connectivity index (χ3n) is 3.95. The Morgan fingerprint density at radius 1 is 1.42 bits per heavy atom. The first-order valence-corrected chi connectivity index (χ1v) is 6.93. The molecule has 0 aliphatic carbocycles. The van der Waals surface area contributed by atoms with Gasteiger partial charge in [0, 0.05) is 19.0 Å². The smallest absolute Gasteiger partial charge is 0.0960 e. The molecule has 0 radical (unpaired) electrons. The largest absolute Gasteiger partial charge is 0.368 e. The van der Waals surface area contributed by atoms with E-state index < -0.39 is 0 Å². The molecule has 0 spiro atoms. The van der Waals surface area contributed by atoms with E-state index in [0.717, 1.165) is 30.7 Å². The van der Waals surface area contributed by atoms with Gasteiger partial charge in [-0.15, -0.1) is 0 Å². The summed E-state index contributed by atoms with van der Waals surface area (Å²) in [6, 6.07) is 8.30. The second kappa shape index (κ2) is 4.94. The highest BCUT2D eigenvalue weighted by Gasteiger charge is 2.27. The van der Waals surface area contributed by atoms with E-state index in [1.54, 1.807) is 0 Å². The van der Waals surface area contributed by atoms with Crippen molar-refractivity contribution < 1.29 is 4.74 Å². The van der Waals surface area contributed by atoms with Crippen molar-refractivity contribution in [3.63, 3.8) is 0 Å².